The van der Waals surface area contributed by atoms with Crippen molar-refractivity contribution in [1.29, 1.82) is 0 Å². The Hall–Kier alpha value is -2.34. The number of aromatic nitrogens is 4. The fourth-order valence-electron chi connectivity index (χ4n) is 2.12. The average molecular weight is 303 g/mol. The number of nitrogens with one attached hydrogen (secondary N) is 3. The predicted molar refractivity (Wildman–Crippen MR) is 84.7 cm³/mol. The van der Waals surface area contributed by atoms with E-state index in [1.165, 1.54) is 0 Å². The molecule has 0 aliphatic carbocycles. The average Bonchev–Trinajstić information content (AvgIpc) is 2.95. The number of fused-ring (bicyclic) bond motifs is 1. The molecule has 108 valence electrons. The molecule has 0 saturated heterocycles. The number of hydrogen-bond donors (Lipinski definition) is 3. The van der Waals surface area contributed by atoms with Crippen LogP contribution in [0.15, 0.2) is 30.5 Å². The molecule has 0 fully saturated rings. The fourth-order valence-corrected chi connectivity index (χ4v) is 2.32. The molecule has 0 spiro atoms. The van der Waals surface area contributed by atoms with Crippen molar-refractivity contribution >= 4 is 34.4 Å². The first-order valence-electron chi connectivity index (χ1n) is 6.58. The van der Waals surface area contributed by atoms with E-state index < -0.39 is 0 Å². The van der Waals surface area contributed by atoms with Crippen LogP contribution >= 0.6 is 11.6 Å². The van der Waals surface area contributed by atoms with E-state index >= 15 is 0 Å². The number of benzene rings is 1. The summed E-state index contributed by atoms with van der Waals surface area (Å²) >= 11 is 6.04. The summed E-state index contributed by atoms with van der Waals surface area (Å²) in [6.07, 6.45) is 1.71. The normalized spacial score (nSPS) is 12.3. The lowest BCUT2D eigenvalue weighted by Crippen LogP contribution is -2.09. The van der Waals surface area contributed by atoms with E-state index in [0.29, 0.717) is 16.6 Å². The number of H-pyrrole nitrogens is 1. The lowest BCUT2D eigenvalue weighted by molar-refractivity contribution is 0.876. The van der Waals surface area contributed by atoms with E-state index in [-0.39, 0.29) is 6.04 Å². The minimum absolute atomic E-state index is 0.0569. The molecule has 0 aliphatic rings. The maximum atomic E-state index is 6.04. The van der Waals surface area contributed by atoms with Gasteiger partial charge in [-0.25, -0.2) is 0 Å². The second-order valence-corrected chi connectivity index (χ2v) is 5.14. The highest BCUT2D eigenvalue weighted by molar-refractivity contribution is 6.30. The van der Waals surface area contributed by atoms with Crippen LogP contribution in [0.3, 0.4) is 0 Å². The van der Waals surface area contributed by atoms with Gasteiger partial charge >= 0.3 is 0 Å². The number of rotatable bonds is 4. The first-order chi connectivity index (χ1) is 10.2. The molecule has 3 N–H and O–H groups in total. The summed E-state index contributed by atoms with van der Waals surface area (Å²) < 4.78 is 0. The molecule has 21 heavy (non-hydrogen) atoms. The quantitative estimate of drug-likeness (QED) is 0.689. The van der Waals surface area contributed by atoms with Crippen molar-refractivity contribution in [2.24, 2.45) is 0 Å². The minimum atomic E-state index is 0.0569. The largest absolute Gasteiger partial charge is 0.363 e. The Morgan fingerprint density at radius 3 is 2.90 bits per heavy atom. The highest BCUT2D eigenvalue weighted by atomic mass is 35.5. The Morgan fingerprint density at radius 1 is 1.29 bits per heavy atom. The zero-order valence-corrected chi connectivity index (χ0v) is 12.4. The second-order valence-electron chi connectivity index (χ2n) is 4.70. The van der Waals surface area contributed by atoms with Crippen molar-refractivity contribution < 1.29 is 0 Å². The summed E-state index contributed by atoms with van der Waals surface area (Å²) in [4.78, 5) is 8.76. The monoisotopic (exact) mass is 302 g/mol. The van der Waals surface area contributed by atoms with Crippen molar-refractivity contribution in [3.05, 3.63) is 41.0 Å². The van der Waals surface area contributed by atoms with Gasteiger partial charge in [0.2, 0.25) is 5.95 Å². The van der Waals surface area contributed by atoms with E-state index in [4.69, 9.17) is 11.6 Å². The molecule has 0 amide bonds. The summed E-state index contributed by atoms with van der Waals surface area (Å²) in [5.74, 6) is 1.26. The third-order valence-corrected chi connectivity index (χ3v) is 3.47. The summed E-state index contributed by atoms with van der Waals surface area (Å²) in [7, 11) is 1.78. The lowest BCUT2D eigenvalue weighted by atomic mass is 10.1. The van der Waals surface area contributed by atoms with Crippen LogP contribution in [0.4, 0.5) is 11.8 Å². The number of anilines is 2. The molecule has 6 nitrogen and oxygen atoms in total. The van der Waals surface area contributed by atoms with Gasteiger partial charge in [0, 0.05) is 12.1 Å². The minimum Gasteiger partial charge on any atom is -0.363 e. The van der Waals surface area contributed by atoms with Gasteiger partial charge in [0.25, 0.3) is 0 Å². The molecule has 2 heterocycles. The molecule has 2 aromatic heterocycles. The van der Waals surface area contributed by atoms with Gasteiger partial charge in [-0.2, -0.15) is 15.1 Å². The van der Waals surface area contributed by atoms with Crippen LogP contribution in [0, 0.1) is 0 Å². The molecular weight excluding hydrogens is 288 g/mol. The topological polar surface area (TPSA) is 78.5 Å². The molecule has 7 heteroatoms. The molecule has 0 aliphatic heterocycles. The van der Waals surface area contributed by atoms with Crippen LogP contribution < -0.4 is 10.6 Å². The Bertz CT molecular complexity index is 769. The molecule has 3 aromatic rings. The predicted octanol–water partition coefficient (Wildman–Crippen LogP) is 3.22. The van der Waals surface area contributed by atoms with Crippen molar-refractivity contribution in [3.63, 3.8) is 0 Å². The first-order valence-corrected chi connectivity index (χ1v) is 6.96. The summed E-state index contributed by atoms with van der Waals surface area (Å²) in [5.41, 5.74) is 1.78. The fraction of sp³-hybridized carbons (Fsp3) is 0.214. The third-order valence-electron chi connectivity index (χ3n) is 3.24. The van der Waals surface area contributed by atoms with E-state index in [2.05, 4.69) is 37.7 Å². The van der Waals surface area contributed by atoms with Crippen molar-refractivity contribution in [2.75, 3.05) is 17.7 Å². The Balaban J connectivity index is 1.95. The van der Waals surface area contributed by atoms with Crippen LogP contribution in [0.1, 0.15) is 18.5 Å². The zero-order valence-electron chi connectivity index (χ0n) is 11.7. The van der Waals surface area contributed by atoms with Gasteiger partial charge in [-0.3, -0.25) is 5.10 Å². The molecule has 3 rings (SSSR count). The van der Waals surface area contributed by atoms with Gasteiger partial charge in [-0.05, 0) is 24.6 Å². The van der Waals surface area contributed by atoms with Crippen molar-refractivity contribution in [2.45, 2.75) is 13.0 Å². The second kappa shape index (κ2) is 5.57. The highest BCUT2D eigenvalue weighted by Crippen LogP contribution is 2.25. The van der Waals surface area contributed by atoms with Gasteiger partial charge in [-0.15, -0.1) is 0 Å². The standard InChI is InChI=1S/C14H15ClN6/c1-8(9-4-3-5-10(15)6-9)18-12-11-7-17-21-13(11)20-14(16-2)19-12/h3-8H,1-2H3,(H3,16,17,18,19,20,21). The Morgan fingerprint density at radius 2 is 2.14 bits per heavy atom. The summed E-state index contributed by atoms with van der Waals surface area (Å²) in [5, 5.41) is 14.8. The maximum absolute atomic E-state index is 6.04. The van der Waals surface area contributed by atoms with Gasteiger partial charge in [0.15, 0.2) is 5.65 Å². The smallest absolute Gasteiger partial charge is 0.226 e. The summed E-state index contributed by atoms with van der Waals surface area (Å²) in [6.45, 7) is 2.05. The lowest BCUT2D eigenvalue weighted by Gasteiger charge is -2.16. The SMILES string of the molecule is CNc1nc(NC(C)c2cccc(Cl)c2)c2cn[nH]c2n1. The van der Waals surface area contributed by atoms with Crippen LogP contribution in [-0.4, -0.2) is 27.2 Å². The molecule has 1 unspecified atom stereocenters. The number of aromatic amines is 1. The van der Waals surface area contributed by atoms with Gasteiger partial charge in [0.1, 0.15) is 5.82 Å². The Kier molecular flexibility index (Phi) is 3.62. The van der Waals surface area contributed by atoms with Crippen molar-refractivity contribution in [1.82, 2.24) is 20.2 Å². The number of hydrogen-bond acceptors (Lipinski definition) is 5. The van der Waals surface area contributed by atoms with Crippen LogP contribution in [0.5, 0.6) is 0 Å². The molecule has 1 aromatic carbocycles. The highest BCUT2D eigenvalue weighted by Gasteiger charge is 2.12. The first kappa shape index (κ1) is 13.6. The van der Waals surface area contributed by atoms with Gasteiger partial charge < -0.3 is 10.6 Å². The Labute approximate surface area is 127 Å². The van der Waals surface area contributed by atoms with Crippen LogP contribution in [0.25, 0.3) is 11.0 Å². The van der Waals surface area contributed by atoms with Crippen molar-refractivity contribution in [3.8, 4) is 0 Å². The van der Waals surface area contributed by atoms with E-state index in [1.807, 2.05) is 24.3 Å². The molecule has 0 saturated carbocycles. The number of halogens is 1. The van der Waals surface area contributed by atoms with Crippen LogP contribution in [0.2, 0.25) is 5.02 Å². The molecule has 1 atom stereocenters. The molecule has 0 bridgehead atoms. The molecule has 0 radical (unpaired) electrons. The van der Waals surface area contributed by atoms with Gasteiger partial charge in [-0.1, -0.05) is 23.7 Å². The van der Waals surface area contributed by atoms with E-state index in [0.717, 1.165) is 16.8 Å². The zero-order chi connectivity index (χ0) is 14.8. The van der Waals surface area contributed by atoms with Crippen LogP contribution in [-0.2, 0) is 0 Å². The van der Waals surface area contributed by atoms with E-state index in [9.17, 15) is 0 Å². The maximum Gasteiger partial charge on any atom is 0.226 e. The van der Waals surface area contributed by atoms with E-state index in [1.54, 1.807) is 13.2 Å². The summed E-state index contributed by atoms with van der Waals surface area (Å²) in [6, 6.07) is 7.81. The molecular formula is C14H15ClN6. The number of nitrogens with zero attached hydrogens (tertiary/aromatic N) is 3. The third kappa shape index (κ3) is 2.75. The van der Waals surface area contributed by atoms with Gasteiger partial charge in [0.05, 0.1) is 17.6 Å².